The van der Waals surface area contributed by atoms with Crippen LogP contribution in [0.3, 0.4) is 0 Å². The predicted molar refractivity (Wildman–Crippen MR) is 82.0 cm³/mol. The normalized spacial score (nSPS) is 17.2. The van der Waals surface area contributed by atoms with E-state index in [1.807, 2.05) is 12.1 Å². The summed E-state index contributed by atoms with van der Waals surface area (Å²) in [7, 11) is 0. The maximum atomic E-state index is 12.9. The SMILES string of the molecule is Cc1ccc2c(c1C)OCCC2NCc1ccc(F)cc1. The van der Waals surface area contributed by atoms with E-state index in [-0.39, 0.29) is 11.9 Å². The first kappa shape index (κ1) is 14.1. The molecule has 2 aromatic carbocycles. The molecule has 2 nitrogen and oxygen atoms in total. The summed E-state index contributed by atoms with van der Waals surface area (Å²) in [5.41, 5.74) is 4.80. The number of ether oxygens (including phenoxy) is 1. The third-order valence-corrected chi connectivity index (χ3v) is 4.20. The molecular weight excluding hydrogens is 265 g/mol. The lowest BCUT2D eigenvalue weighted by Gasteiger charge is -2.28. The van der Waals surface area contributed by atoms with Gasteiger partial charge in [0.15, 0.2) is 0 Å². The van der Waals surface area contributed by atoms with Crippen LogP contribution in [0.15, 0.2) is 36.4 Å². The van der Waals surface area contributed by atoms with Crippen molar-refractivity contribution in [2.75, 3.05) is 6.61 Å². The summed E-state index contributed by atoms with van der Waals surface area (Å²) >= 11 is 0. The Hall–Kier alpha value is -1.87. The molecule has 3 heteroatoms. The maximum Gasteiger partial charge on any atom is 0.127 e. The molecule has 0 spiro atoms. The zero-order valence-electron chi connectivity index (χ0n) is 12.4. The quantitative estimate of drug-likeness (QED) is 0.918. The van der Waals surface area contributed by atoms with Gasteiger partial charge in [0.2, 0.25) is 0 Å². The number of aryl methyl sites for hydroxylation is 1. The van der Waals surface area contributed by atoms with E-state index in [9.17, 15) is 4.39 Å². The second kappa shape index (κ2) is 5.86. The highest BCUT2D eigenvalue weighted by Crippen LogP contribution is 2.36. The molecule has 3 rings (SSSR count). The molecule has 0 radical (unpaired) electrons. The zero-order valence-corrected chi connectivity index (χ0v) is 12.4. The van der Waals surface area contributed by atoms with E-state index < -0.39 is 0 Å². The maximum absolute atomic E-state index is 12.9. The number of fused-ring (bicyclic) bond motifs is 1. The molecule has 0 saturated heterocycles. The molecule has 1 N–H and O–H groups in total. The van der Waals surface area contributed by atoms with Crippen LogP contribution in [-0.4, -0.2) is 6.61 Å². The summed E-state index contributed by atoms with van der Waals surface area (Å²) in [6, 6.07) is 11.2. The third-order valence-electron chi connectivity index (χ3n) is 4.20. The minimum atomic E-state index is -0.193. The largest absolute Gasteiger partial charge is 0.493 e. The van der Waals surface area contributed by atoms with Gasteiger partial charge in [-0.25, -0.2) is 4.39 Å². The fourth-order valence-corrected chi connectivity index (χ4v) is 2.77. The van der Waals surface area contributed by atoms with E-state index in [1.54, 1.807) is 0 Å². The summed E-state index contributed by atoms with van der Waals surface area (Å²) in [6.45, 7) is 5.68. The Morgan fingerprint density at radius 3 is 2.67 bits per heavy atom. The number of rotatable bonds is 3. The fourth-order valence-electron chi connectivity index (χ4n) is 2.77. The van der Waals surface area contributed by atoms with Gasteiger partial charge in [-0.3, -0.25) is 0 Å². The number of hydrogen-bond donors (Lipinski definition) is 1. The minimum Gasteiger partial charge on any atom is -0.493 e. The van der Waals surface area contributed by atoms with Gasteiger partial charge in [-0.1, -0.05) is 24.3 Å². The first-order valence-electron chi connectivity index (χ1n) is 7.36. The molecule has 1 unspecified atom stereocenters. The molecule has 1 atom stereocenters. The van der Waals surface area contributed by atoms with Gasteiger partial charge in [0.25, 0.3) is 0 Å². The molecule has 1 heterocycles. The van der Waals surface area contributed by atoms with Crippen LogP contribution < -0.4 is 10.1 Å². The topological polar surface area (TPSA) is 21.3 Å². The number of nitrogens with one attached hydrogen (secondary N) is 1. The summed E-state index contributed by atoms with van der Waals surface area (Å²) < 4.78 is 18.8. The van der Waals surface area contributed by atoms with Crippen LogP contribution in [0.4, 0.5) is 4.39 Å². The van der Waals surface area contributed by atoms with Crippen molar-refractivity contribution in [2.24, 2.45) is 0 Å². The van der Waals surface area contributed by atoms with Crippen LogP contribution in [-0.2, 0) is 6.54 Å². The Kier molecular flexibility index (Phi) is 3.93. The van der Waals surface area contributed by atoms with E-state index in [2.05, 4.69) is 31.3 Å². The fraction of sp³-hybridized carbons (Fsp3) is 0.333. The van der Waals surface area contributed by atoms with E-state index in [1.165, 1.54) is 28.8 Å². The lowest BCUT2D eigenvalue weighted by Crippen LogP contribution is -2.27. The number of halogens is 1. The molecule has 0 fully saturated rings. The van der Waals surface area contributed by atoms with Crippen LogP contribution in [0.5, 0.6) is 5.75 Å². The van der Waals surface area contributed by atoms with Crippen molar-refractivity contribution in [1.29, 1.82) is 0 Å². The monoisotopic (exact) mass is 285 g/mol. The Morgan fingerprint density at radius 1 is 1.14 bits per heavy atom. The Morgan fingerprint density at radius 2 is 1.90 bits per heavy atom. The molecule has 0 saturated carbocycles. The van der Waals surface area contributed by atoms with Crippen molar-refractivity contribution in [2.45, 2.75) is 32.9 Å². The van der Waals surface area contributed by atoms with E-state index in [4.69, 9.17) is 4.74 Å². The Labute approximate surface area is 125 Å². The molecule has 21 heavy (non-hydrogen) atoms. The van der Waals surface area contributed by atoms with Gasteiger partial charge < -0.3 is 10.1 Å². The smallest absolute Gasteiger partial charge is 0.127 e. The highest BCUT2D eigenvalue weighted by atomic mass is 19.1. The van der Waals surface area contributed by atoms with E-state index >= 15 is 0 Å². The molecular formula is C18H20FNO. The summed E-state index contributed by atoms with van der Waals surface area (Å²) in [4.78, 5) is 0. The van der Waals surface area contributed by atoms with Crippen molar-refractivity contribution in [3.8, 4) is 5.75 Å². The van der Waals surface area contributed by atoms with Crippen molar-refractivity contribution in [3.63, 3.8) is 0 Å². The van der Waals surface area contributed by atoms with Crippen molar-refractivity contribution in [1.82, 2.24) is 5.32 Å². The van der Waals surface area contributed by atoms with Gasteiger partial charge in [0.1, 0.15) is 11.6 Å². The molecule has 110 valence electrons. The van der Waals surface area contributed by atoms with Crippen molar-refractivity contribution < 1.29 is 9.13 Å². The predicted octanol–water partition coefficient (Wildman–Crippen LogP) is 4.06. The van der Waals surface area contributed by atoms with Gasteiger partial charge in [0, 0.05) is 24.6 Å². The van der Waals surface area contributed by atoms with Gasteiger partial charge in [-0.05, 0) is 42.7 Å². The van der Waals surface area contributed by atoms with Crippen LogP contribution in [0.25, 0.3) is 0 Å². The molecule has 2 aromatic rings. The van der Waals surface area contributed by atoms with Crippen LogP contribution >= 0.6 is 0 Å². The van der Waals surface area contributed by atoms with Crippen LogP contribution in [0.2, 0.25) is 0 Å². The van der Waals surface area contributed by atoms with Gasteiger partial charge in [0.05, 0.1) is 6.61 Å². The zero-order chi connectivity index (χ0) is 14.8. The van der Waals surface area contributed by atoms with E-state index in [0.717, 1.165) is 30.9 Å². The van der Waals surface area contributed by atoms with Crippen LogP contribution in [0.1, 0.15) is 34.7 Å². The van der Waals surface area contributed by atoms with Gasteiger partial charge in [-0.2, -0.15) is 0 Å². The minimum absolute atomic E-state index is 0.193. The third kappa shape index (κ3) is 2.93. The summed E-state index contributed by atoms with van der Waals surface area (Å²) in [5.74, 6) is 0.833. The summed E-state index contributed by atoms with van der Waals surface area (Å²) in [5, 5.41) is 3.56. The first-order chi connectivity index (χ1) is 10.1. The lowest BCUT2D eigenvalue weighted by atomic mass is 9.95. The van der Waals surface area contributed by atoms with E-state index in [0.29, 0.717) is 0 Å². The Balaban J connectivity index is 1.76. The molecule has 0 aromatic heterocycles. The van der Waals surface area contributed by atoms with Gasteiger partial charge in [-0.15, -0.1) is 0 Å². The molecule has 0 amide bonds. The molecule has 0 aliphatic carbocycles. The molecule has 1 aliphatic rings. The van der Waals surface area contributed by atoms with Crippen molar-refractivity contribution >= 4 is 0 Å². The lowest BCUT2D eigenvalue weighted by molar-refractivity contribution is 0.250. The highest BCUT2D eigenvalue weighted by Gasteiger charge is 2.22. The average molecular weight is 285 g/mol. The summed E-state index contributed by atoms with van der Waals surface area (Å²) in [6.07, 6.45) is 0.955. The highest BCUT2D eigenvalue weighted by molar-refractivity contribution is 5.47. The Bertz CT molecular complexity index is 636. The standard InChI is InChI=1S/C18H20FNO/c1-12-3-8-16-17(9-10-21-18(16)13(12)2)20-11-14-4-6-15(19)7-5-14/h3-8,17,20H,9-11H2,1-2H3. The average Bonchev–Trinajstić information content (AvgIpc) is 2.50. The second-order valence-electron chi connectivity index (χ2n) is 5.62. The molecule has 0 bridgehead atoms. The molecule has 1 aliphatic heterocycles. The second-order valence-corrected chi connectivity index (χ2v) is 5.62. The number of hydrogen-bond acceptors (Lipinski definition) is 2. The van der Waals surface area contributed by atoms with Crippen LogP contribution in [0, 0.1) is 19.7 Å². The number of benzene rings is 2. The van der Waals surface area contributed by atoms with Gasteiger partial charge >= 0.3 is 0 Å². The first-order valence-corrected chi connectivity index (χ1v) is 7.36. The van der Waals surface area contributed by atoms with Crippen molar-refractivity contribution in [3.05, 3.63) is 64.5 Å².